The van der Waals surface area contributed by atoms with E-state index in [0.717, 1.165) is 56.3 Å². The van der Waals surface area contributed by atoms with Crippen LogP contribution in [-0.4, -0.2) is 47.4 Å². The number of hydrogen-bond acceptors (Lipinski definition) is 4. The Balaban J connectivity index is 1.74. The normalized spacial score (nSPS) is 22.5. The summed E-state index contributed by atoms with van der Waals surface area (Å²) in [7, 11) is 0. The number of rotatable bonds is 10. The van der Waals surface area contributed by atoms with E-state index in [4.69, 9.17) is 21.2 Å². The summed E-state index contributed by atoms with van der Waals surface area (Å²) in [6.45, 7) is 13.0. The van der Waals surface area contributed by atoms with E-state index < -0.39 is 5.60 Å². The van der Waals surface area contributed by atoms with Crippen molar-refractivity contribution in [2.45, 2.75) is 83.0 Å². The Hall–Kier alpha value is -2.10. The van der Waals surface area contributed by atoms with E-state index in [1.807, 2.05) is 30.9 Å². The highest BCUT2D eigenvalue weighted by Gasteiger charge is 2.49. The van der Waals surface area contributed by atoms with Gasteiger partial charge in [0.15, 0.2) is 5.69 Å². The lowest BCUT2D eigenvalue weighted by atomic mass is 9.85. The molecule has 0 spiro atoms. The Morgan fingerprint density at radius 1 is 1.23 bits per heavy atom. The second-order valence-corrected chi connectivity index (χ2v) is 8.81. The van der Waals surface area contributed by atoms with Crippen molar-refractivity contribution >= 4 is 11.6 Å². The van der Waals surface area contributed by atoms with Crippen molar-refractivity contribution in [2.75, 3.05) is 19.8 Å². The molecule has 1 aromatic carbocycles. The van der Waals surface area contributed by atoms with E-state index in [0.29, 0.717) is 25.3 Å². The molecular weight excluding hydrogens is 380 g/mol. The van der Waals surface area contributed by atoms with Gasteiger partial charge in [0, 0.05) is 31.7 Å². The predicted molar refractivity (Wildman–Crippen MR) is 116 cm³/mol. The molecule has 0 radical (unpaired) electrons. The first kappa shape index (κ1) is 22.6. The van der Waals surface area contributed by atoms with Crippen molar-refractivity contribution in [3.8, 4) is 5.75 Å². The van der Waals surface area contributed by atoms with Gasteiger partial charge in [-0.2, -0.15) is 0 Å². The Morgan fingerprint density at radius 3 is 2.63 bits per heavy atom. The summed E-state index contributed by atoms with van der Waals surface area (Å²) in [5.41, 5.74) is 0.851. The maximum absolute atomic E-state index is 12.6. The van der Waals surface area contributed by atoms with E-state index in [9.17, 15) is 4.79 Å². The van der Waals surface area contributed by atoms with Gasteiger partial charge in [0.1, 0.15) is 17.5 Å². The molecule has 1 N–H and O–H groups in total. The third kappa shape index (κ3) is 5.14. The maximum atomic E-state index is 12.6. The molecule has 6 nitrogen and oxygen atoms in total. The van der Waals surface area contributed by atoms with Crippen molar-refractivity contribution < 1.29 is 19.4 Å². The highest BCUT2D eigenvalue weighted by Crippen LogP contribution is 2.46. The van der Waals surface area contributed by atoms with Gasteiger partial charge in [-0.05, 0) is 45.2 Å². The number of carbonyl (C=O) groups excluding carboxylic acids is 1. The van der Waals surface area contributed by atoms with Crippen LogP contribution in [0.15, 0.2) is 18.2 Å². The lowest BCUT2D eigenvalue weighted by Crippen LogP contribution is -2.55. The second kappa shape index (κ2) is 10.3. The largest absolute Gasteiger partial charge is 0.485 e. The fourth-order valence-electron chi connectivity index (χ4n) is 4.53. The maximum Gasteiger partial charge on any atom is 0.223 e. The standard InChI is InChI=1S/C24H34N2O4/c1-24(2)23(29-16-9-7-5-4-6-8-15-27)22(26-14-10-11-21(26)28)19-17-18(25-3)12-13-20(19)30-24/h12-13,17,22-23,27H,4-11,14-16H2,1-2H3/t22-,23+/m1/s1. The van der Waals surface area contributed by atoms with Gasteiger partial charge in [0.25, 0.3) is 0 Å². The number of aliphatic hydroxyl groups excluding tert-OH is 1. The molecule has 2 heterocycles. The molecule has 1 saturated heterocycles. The van der Waals surface area contributed by atoms with Gasteiger partial charge in [-0.3, -0.25) is 4.79 Å². The van der Waals surface area contributed by atoms with E-state index in [-0.39, 0.29) is 24.7 Å². The molecule has 0 aromatic heterocycles. The van der Waals surface area contributed by atoms with Crippen LogP contribution in [0.5, 0.6) is 5.75 Å². The van der Waals surface area contributed by atoms with Crippen molar-refractivity contribution in [2.24, 2.45) is 0 Å². The number of unbranched alkanes of at least 4 members (excludes halogenated alkanes) is 5. The van der Waals surface area contributed by atoms with Gasteiger partial charge in [-0.15, -0.1) is 0 Å². The number of benzene rings is 1. The summed E-state index contributed by atoms with van der Waals surface area (Å²) >= 11 is 0. The minimum Gasteiger partial charge on any atom is -0.485 e. The molecule has 30 heavy (non-hydrogen) atoms. The molecule has 1 aromatic rings. The molecule has 0 saturated carbocycles. The van der Waals surface area contributed by atoms with Crippen LogP contribution in [0.1, 0.15) is 76.8 Å². The molecule has 0 aliphatic carbocycles. The van der Waals surface area contributed by atoms with Gasteiger partial charge in [0.05, 0.1) is 12.6 Å². The molecule has 2 aliphatic heterocycles. The van der Waals surface area contributed by atoms with Crippen molar-refractivity contribution in [3.63, 3.8) is 0 Å². The van der Waals surface area contributed by atoms with Gasteiger partial charge in [-0.1, -0.05) is 31.7 Å². The number of aliphatic hydroxyl groups is 1. The van der Waals surface area contributed by atoms with Crippen LogP contribution in [0.2, 0.25) is 0 Å². The Morgan fingerprint density at radius 2 is 1.97 bits per heavy atom. The van der Waals surface area contributed by atoms with E-state index in [1.54, 1.807) is 6.07 Å². The highest BCUT2D eigenvalue weighted by molar-refractivity contribution is 5.79. The third-order valence-corrected chi connectivity index (χ3v) is 6.08. The van der Waals surface area contributed by atoms with Crippen LogP contribution in [0.3, 0.4) is 0 Å². The zero-order valence-electron chi connectivity index (χ0n) is 18.2. The fourth-order valence-corrected chi connectivity index (χ4v) is 4.53. The smallest absolute Gasteiger partial charge is 0.223 e. The predicted octanol–water partition coefficient (Wildman–Crippen LogP) is 4.79. The zero-order chi connectivity index (χ0) is 21.6. The Kier molecular flexibility index (Phi) is 7.74. The number of carbonyl (C=O) groups is 1. The first-order valence-electron chi connectivity index (χ1n) is 11.2. The first-order valence-corrected chi connectivity index (χ1v) is 11.2. The molecule has 6 heteroatoms. The minimum absolute atomic E-state index is 0.148. The lowest BCUT2D eigenvalue weighted by molar-refractivity contribution is -0.148. The van der Waals surface area contributed by atoms with Crippen LogP contribution in [0.4, 0.5) is 5.69 Å². The van der Waals surface area contributed by atoms with Crippen molar-refractivity contribution in [1.82, 2.24) is 4.90 Å². The second-order valence-electron chi connectivity index (χ2n) is 8.81. The van der Waals surface area contributed by atoms with Crippen LogP contribution in [0.25, 0.3) is 4.85 Å². The molecule has 3 rings (SSSR count). The monoisotopic (exact) mass is 414 g/mol. The van der Waals surface area contributed by atoms with Gasteiger partial charge >= 0.3 is 0 Å². The molecule has 2 aliphatic rings. The number of nitrogens with zero attached hydrogens (tertiary/aromatic N) is 2. The summed E-state index contributed by atoms with van der Waals surface area (Å²) in [5.74, 6) is 0.884. The number of ether oxygens (including phenoxy) is 2. The SMILES string of the molecule is [C-]#[N+]c1ccc2c(c1)[C@@H](N1CCCC1=O)[C@H](OCCCCCCCCO)C(C)(C)O2. The molecule has 1 fully saturated rings. The summed E-state index contributed by atoms with van der Waals surface area (Å²) in [4.78, 5) is 18.1. The summed E-state index contributed by atoms with van der Waals surface area (Å²) < 4.78 is 12.7. The van der Waals surface area contributed by atoms with Gasteiger partial charge in [-0.25, -0.2) is 4.85 Å². The van der Waals surface area contributed by atoms with Crippen LogP contribution >= 0.6 is 0 Å². The number of hydrogen-bond donors (Lipinski definition) is 1. The zero-order valence-corrected chi connectivity index (χ0v) is 18.2. The molecule has 2 atom stereocenters. The Bertz CT molecular complexity index is 771. The fraction of sp³-hybridized carbons (Fsp3) is 0.667. The quantitative estimate of drug-likeness (QED) is 0.442. The first-order chi connectivity index (χ1) is 14.5. The number of fused-ring (bicyclic) bond motifs is 1. The summed E-state index contributed by atoms with van der Waals surface area (Å²) in [6.07, 6.45) is 7.40. The van der Waals surface area contributed by atoms with E-state index in [2.05, 4.69) is 4.85 Å². The van der Waals surface area contributed by atoms with E-state index in [1.165, 1.54) is 0 Å². The molecular formula is C24H34N2O4. The Labute approximate surface area is 180 Å². The highest BCUT2D eigenvalue weighted by atomic mass is 16.6. The molecule has 1 amide bonds. The van der Waals surface area contributed by atoms with Crippen molar-refractivity contribution in [1.29, 1.82) is 0 Å². The number of likely N-dealkylation sites (tertiary alicyclic amines) is 1. The lowest BCUT2D eigenvalue weighted by Gasteiger charge is -2.47. The number of amides is 1. The molecule has 164 valence electrons. The average Bonchev–Trinajstić information content (AvgIpc) is 3.14. The topological polar surface area (TPSA) is 63.4 Å². The van der Waals surface area contributed by atoms with Gasteiger partial charge < -0.3 is 19.5 Å². The third-order valence-electron chi connectivity index (χ3n) is 6.08. The van der Waals surface area contributed by atoms with Crippen LogP contribution < -0.4 is 4.74 Å². The van der Waals surface area contributed by atoms with Crippen LogP contribution in [-0.2, 0) is 9.53 Å². The van der Waals surface area contributed by atoms with E-state index >= 15 is 0 Å². The summed E-state index contributed by atoms with van der Waals surface area (Å²) in [6, 6.07) is 5.24. The minimum atomic E-state index is -0.582. The van der Waals surface area contributed by atoms with Crippen molar-refractivity contribution in [3.05, 3.63) is 35.2 Å². The van der Waals surface area contributed by atoms with Crippen LogP contribution in [0, 0.1) is 6.57 Å². The molecule has 0 bridgehead atoms. The summed E-state index contributed by atoms with van der Waals surface area (Å²) in [5, 5.41) is 8.86. The van der Waals surface area contributed by atoms with Gasteiger partial charge in [0.2, 0.25) is 5.91 Å². The molecule has 0 unspecified atom stereocenters. The average molecular weight is 415 g/mol.